The van der Waals surface area contributed by atoms with Crippen LogP contribution < -0.4 is 5.56 Å². The van der Waals surface area contributed by atoms with Crippen molar-refractivity contribution in [3.63, 3.8) is 0 Å². The van der Waals surface area contributed by atoms with Gasteiger partial charge in [-0.25, -0.2) is 4.98 Å². The van der Waals surface area contributed by atoms with E-state index in [-0.39, 0.29) is 5.56 Å². The number of nitrogens with zero attached hydrogens (tertiary/aromatic N) is 1. The number of nitrogens with one attached hydrogen (secondary N) is 1. The fourth-order valence-electron chi connectivity index (χ4n) is 1.35. The number of benzene rings is 1. The van der Waals surface area contributed by atoms with Gasteiger partial charge in [-0.2, -0.15) is 0 Å². The van der Waals surface area contributed by atoms with E-state index in [4.69, 9.17) is 11.6 Å². The van der Waals surface area contributed by atoms with Crippen LogP contribution in [0.3, 0.4) is 0 Å². The Kier molecular flexibility index (Phi) is 3.12. The lowest BCUT2D eigenvalue weighted by molar-refractivity contribution is 1.05. The summed E-state index contributed by atoms with van der Waals surface area (Å²) in [6.45, 7) is 1.76. The monoisotopic (exact) mass is 298 g/mol. The Balaban J connectivity index is 2.67. The second-order valence-electron chi connectivity index (χ2n) is 3.29. The van der Waals surface area contributed by atoms with Gasteiger partial charge >= 0.3 is 0 Å². The van der Waals surface area contributed by atoms with Crippen LogP contribution in [0.15, 0.2) is 33.5 Å². The molecule has 1 aromatic carbocycles. The molecule has 1 heterocycles. The van der Waals surface area contributed by atoms with Gasteiger partial charge in [-0.1, -0.05) is 23.7 Å². The Morgan fingerprint density at radius 3 is 2.69 bits per heavy atom. The molecule has 0 atom stereocenters. The summed E-state index contributed by atoms with van der Waals surface area (Å²) in [6, 6.07) is 7.25. The second-order valence-corrected chi connectivity index (χ2v) is 4.49. The number of H-pyrrole nitrogens is 1. The van der Waals surface area contributed by atoms with Crippen LogP contribution in [-0.4, -0.2) is 9.97 Å². The van der Waals surface area contributed by atoms with Crippen molar-refractivity contribution in [3.05, 3.63) is 49.8 Å². The van der Waals surface area contributed by atoms with Crippen molar-refractivity contribution >= 4 is 27.5 Å². The molecule has 0 aliphatic rings. The molecule has 2 aromatic rings. The van der Waals surface area contributed by atoms with Crippen LogP contribution in [0.25, 0.3) is 11.4 Å². The van der Waals surface area contributed by atoms with Gasteiger partial charge in [0.25, 0.3) is 5.56 Å². The van der Waals surface area contributed by atoms with Crippen LogP contribution in [0.4, 0.5) is 0 Å². The standard InChI is InChI=1S/C11H8BrClN2O/c1-6-9(12)11(16)15-10(14-6)7-4-2-3-5-8(7)13/h2-5H,1H3,(H,14,15,16). The van der Waals surface area contributed by atoms with E-state index >= 15 is 0 Å². The van der Waals surface area contributed by atoms with E-state index in [1.807, 2.05) is 18.2 Å². The molecule has 0 radical (unpaired) electrons. The first-order chi connectivity index (χ1) is 7.59. The largest absolute Gasteiger partial charge is 0.305 e. The first kappa shape index (κ1) is 11.4. The first-order valence-electron chi connectivity index (χ1n) is 4.61. The summed E-state index contributed by atoms with van der Waals surface area (Å²) in [6.07, 6.45) is 0. The number of aryl methyl sites for hydroxylation is 1. The molecule has 16 heavy (non-hydrogen) atoms. The van der Waals surface area contributed by atoms with Gasteiger partial charge in [-0.3, -0.25) is 4.79 Å². The quantitative estimate of drug-likeness (QED) is 0.879. The molecule has 2 rings (SSSR count). The van der Waals surface area contributed by atoms with Crippen LogP contribution >= 0.6 is 27.5 Å². The number of aromatic amines is 1. The van der Waals surface area contributed by atoms with Gasteiger partial charge < -0.3 is 4.98 Å². The number of halogens is 2. The van der Waals surface area contributed by atoms with E-state index in [2.05, 4.69) is 25.9 Å². The predicted molar refractivity (Wildman–Crippen MR) is 67.7 cm³/mol. The summed E-state index contributed by atoms with van der Waals surface area (Å²) in [5.74, 6) is 0.483. The molecule has 0 amide bonds. The van der Waals surface area contributed by atoms with Crippen molar-refractivity contribution in [3.8, 4) is 11.4 Å². The fraction of sp³-hybridized carbons (Fsp3) is 0.0909. The number of hydrogen-bond donors (Lipinski definition) is 1. The van der Waals surface area contributed by atoms with E-state index in [0.717, 1.165) is 5.56 Å². The van der Waals surface area contributed by atoms with Crippen molar-refractivity contribution in [1.29, 1.82) is 0 Å². The number of aromatic nitrogens is 2. The molecule has 0 aliphatic carbocycles. The summed E-state index contributed by atoms with van der Waals surface area (Å²) in [4.78, 5) is 18.5. The van der Waals surface area contributed by atoms with Gasteiger partial charge in [0.05, 0.1) is 10.7 Å². The maximum absolute atomic E-state index is 11.6. The van der Waals surface area contributed by atoms with Gasteiger partial charge in [0, 0.05) is 5.56 Å². The van der Waals surface area contributed by atoms with Crippen molar-refractivity contribution < 1.29 is 0 Å². The molecular formula is C11H8BrClN2O. The molecule has 5 heteroatoms. The summed E-state index contributed by atoms with van der Waals surface area (Å²) in [7, 11) is 0. The summed E-state index contributed by atoms with van der Waals surface area (Å²) >= 11 is 9.19. The zero-order chi connectivity index (χ0) is 11.7. The lowest BCUT2D eigenvalue weighted by atomic mass is 10.2. The molecule has 0 saturated heterocycles. The van der Waals surface area contributed by atoms with Crippen molar-refractivity contribution in [2.24, 2.45) is 0 Å². The van der Waals surface area contributed by atoms with Gasteiger partial charge in [0.1, 0.15) is 10.3 Å². The van der Waals surface area contributed by atoms with E-state index in [9.17, 15) is 4.79 Å². The van der Waals surface area contributed by atoms with Gasteiger partial charge in [0.15, 0.2) is 0 Å². The maximum atomic E-state index is 11.6. The molecule has 82 valence electrons. The Morgan fingerprint density at radius 2 is 2.06 bits per heavy atom. The predicted octanol–water partition coefficient (Wildman–Crippen LogP) is 3.16. The van der Waals surface area contributed by atoms with Gasteiger partial charge in [-0.15, -0.1) is 0 Å². The minimum Gasteiger partial charge on any atom is -0.305 e. The SMILES string of the molecule is Cc1nc(-c2ccccc2Cl)[nH]c(=O)c1Br. The van der Waals surface area contributed by atoms with Crippen LogP contribution in [0.1, 0.15) is 5.69 Å². The highest BCUT2D eigenvalue weighted by Gasteiger charge is 2.09. The van der Waals surface area contributed by atoms with Crippen molar-refractivity contribution in [2.45, 2.75) is 6.92 Å². The van der Waals surface area contributed by atoms with E-state index in [1.54, 1.807) is 13.0 Å². The average Bonchev–Trinajstić information content (AvgIpc) is 2.26. The lowest BCUT2D eigenvalue weighted by Gasteiger charge is -2.04. The highest BCUT2D eigenvalue weighted by Crippen LogP contribution is 2.24. The molecule has 3 nitrogen and oxygen atoms in total. The molecule has 0 saturated carbocycles. The van der Waals surface area contributed by atoms with Crippen molar-refractivity contribution in [1.82, 2.24) is 9.97 Å². The van der Waals surface area contributed by atoms with E-state index < -0.39 is 0 Å². The minimum absolute atomic E-state index is 0.206. The average molecular weight is 300 g/mol. The Labute approximate surface area is 106 Å². The van der Waals surface area contributed by atoms with Gasteiger partial charge in [-0.05, 0) is 35.0 Å². The third-order valence-electron chi connectivity index (χ3n) is 2.16. The highest BCUT2D eigenvalue weighted by molar-refractivity contribution is 9.10. The Morgan fingerprint density at radius 1 is 1.38 bits per heavy atom. The minimum atomic E-state index is -0.206. The Hall–Kier alpha value is -1.13. The summed E-state index contributed by atoms with van der Waals surface area (Å²) < 4.78 is 0.448. The molecule has 0 aliphatic heterocycles. The molecule has 0 unspecified atom stereocenters. The topological polar surface area (TPSA) is 45.8 Å². The third-order valence-corrected chi connectivity index (χ3v) is 3.42. The van der Waals surface area contributed by atoms with E-state index in [1.165, 1.54) is 0 Å². The summed E-state index contributed by atoms with van der Waals surface area (Å²) in [5, 5.41) is 0.562. The van der Waals surface area contributed by atoms with Crippen LogP contribution in [0, 0.1) is 6.92 Å². The van der Waals surface area contributed by atoms with Crippen LogP contribution in [0.2, 0.25) is 5.02 Å². The molecule has 0 spiro atoms. The normalized spacial score (nSPS) is 10.4. The molecule has 0 bridgehead atoms. The maximum Gasteiger partial charge on any atom is 0.265 e. The Bertz CT molecular complexity index is 595. The third kappa shape index (κ3) is 2.03. The molecule has 1 aromatic heterocycles. The number of hydrogen-bond acceptors (Lipinski definition) is 2. The van der Waals surface area contributed by atoms with Crippen LogP contribution in [0.5, 0.6) is 0 Å². The highest BCUT2D eigenvalue weighted by atomic mass is 79.9. The van der Waals surface area contributed by atoms with Crippen LogP contribution in [-0.2, 0) is 0 Å². The van der Waals surface area contributed by atoms with E-state index in [0.29, 0.717) is 21.0 Å². The zero-order valence-corrected chi connectivity index (χ0v) is 10.8. The fourth-order valence-corrected chi connectivity index (χ4v) is 1.77. The lowest BCUT2D eigenvalue weighted by Crippen LogP contribution is -2.11. The smallest absolute Gasteiger partial charge is 0.265 e. The molecular weight excluding hydrogens is 291 g/mol. The first-order valence-corrected chi connectivity index (χ1v) is 5.78. The van der Waals surface area contributed by atoms with Crippen molar-refractivity contribution in [2.75, 3.05) is 0 Å². The second kappa shape index (κ2) is 4.39. The van der Waals surface area contributed by atoms with Gasteiger partial charge in [0.2, 0.25) is 0 Å². The summed E-state index contributed by atoms with van der Waals surface area (Å²) in [5.41, 5.74) is 1.15. The molecule has 0 fully saturated rings. The number of rotatable bonds is 1. The zero-order valence-electron chi connectivity index (χ0n) is 8.42. The molecule has 1 N–H and O–H groups in total.